The minimum atomic E-state index is -0.594. The third-order valence-corrected chi connectivity index (χ3v) is 5.02. The number of benzene rings is 1. The van der Waals surface area contributed by atoms with Crippen LogP contribution >= 0.6 is 0 Å². The minimum Gasteiger partial charge on any atom is -0.452 e. The maximum absolute atomic E-state index is 12.3. The zero-order valence-corrected chi connectivity index (χ0v) is 18.0. The predicted octanol–water partition coefficient (Wildman–Crippen LogP) is 4.23. The molecule has 1 fully saturated rings. The molecule has 0 heterocycles. The molecular weight excluding hydrogens is 372 g/mol. The van der Waals surface area contributed by atoms with Crippen LogP contribution in [0.15, 0.2) is 24.3 Å². The lowest BCUT2D eigenvalue weighted by molar-refractivity contribution is -0.136. The third kappa shape index (κ3) is 7.40. The number of likely N-dealkylation sites (N-methyl/N-ethyl adjacent to an activating group) is 1. The number of carbonyl (C=O) groups is 3. The smallest absolute Gasteiger partial charge is 0.412 e. The van der Waals surface area contributed by atoms with Crippen molar-refractivity contribution in [1.29, 1.82) is 0 Å². The summed E-state index contributed by atoms with van der Waals surface area (Å²) in [5.41, 5.74) is 0.212. The Hall–Kier alpha value is -2.57. The van der Waals surface area contributed by atoms with Crippen molar-refractivity contribution in [2.45, 2.75) is 65.0 Å². The topological polar surface area (TPSA) is 84.9 Å². The van der Waals surface area contributed by atoms with Crippen LogP contribution in [0.25, 0.3) is 0 Å². The molecule has 7 heteroatoms. The monoisotopic (exact) mass is 404 g/mol. The van der Waals surface area contributed by atoms with Crippen molar-refractivity contribution < 1.29 is 23.9 Å². The number of hydrogen-bond donors (Lipinski definition) is 1. The van der Waals surface area contributed by atoms with E-state index in [4.69, 9.17) is 9.47 Å². The fourth-order valence-corrected chi connectivity index (χ4v) is 3.26. The summed E-state index contributed by atoms with van der Waals surface area (Å²) in [5, 5.41) is 2.60. The van der Waals surface area contributed by atoms with Crippen molar-refractivity contribution in [2.75, 3.05) is 19.0 Å². The van der Waals surface area contributed by atoms with Crippen LogP contribution in [0, 0.1) is 5.92 Å². The van der Waals surface area contributed by atoms with Gasteiger partial charge in [-0.25, -0.2) is 9.59 Å². The number of nitrogens with one attached hydrogen (secondary N) is 1. The number of anilines is 1. The largest absolute Gasteiger partial charge is 0.452 e. The standard InChI is InChI=1S/C22H32N2O5/c1-15-6-12-18(13-7-15)24(5)19(25)14-28-20(26)16-8-10-17(11-9-16)23-21(27)29-22(2,3)4/h8-11,15,18H,6-7,12-14H2,1-5H3,(H,23,27). The first kappa shape index (κ1) is 22.7. The Balaban J connectivity index is 1.81. The Morgan fingerprint density at radius 2 is 1.66 bits per heavy atom. The summed E-state index contributed by atoms with van der Waals surface area (Å²) in [6.07, 6.45) is 3.64. The number of hydrogen-bond acceptors (Lipinski definition) is 5. The fourth-order valence-electron chi connectivity index (χ4n) is 3.26. The van der Waals surface area contributed by atoms with Crippen LogP contribution in [0.5, 0.6) is 0 Å². The number of esters is 1. The maximum Gasteiger partial charge on any atom is 0.412 e. The van der Waals surface area contributed by atoms with Crippen LogP contribution in [0.2, 0.25) is 0 Å². The van der Waals surface area contributed by atoms with Crippen LogP contribution < -0.4 is 5.32 Å². The first-order chi connectivity index (χ1) is 13.5. The Kier molecular flexibility index (Phi) is 7.65. The molecule has 1 N–H and O–H groups in total. The van der Waals surface area contributed by atoms with Crippen molar-refractivity contribution in [3.05, 3.63) is 29.8 Å². The highest BCUT2D eigenvalue weighted by atomic mass is 16.6. The van der Waals surface area contributed by atoms with Gasteiger partial charge in [0.1, 0.15) is 5.60 Å². The Bertz CT molecular complexity index is 716. The van der Waals surface area contributed by atoms with Gasteiger partial charge in [-0.05, 0) is 76.6 Å². The molecule has 7 nitrogen and oxygen atoms in total. The lowest BCUT2D eigenvalue weighted by Crippen LogP contribution is -2.41. The van der Waals surface area contributed by atoms with E-state index in [1.165, 1.54) is 12.1 Å². The van der Waals surface area contributed by atoms with Crippen molar-refractivity contribution in [3.63, 3.8) is 0 Å². The molecule has 0 bridgehead atoms. The molecule has 1 aliphatic rings. The van der Waals surface area contributed by atoms with Gasteiger partial charge in [0.2, 0.25) is 0 Å². The summed E-state index contributed by atoms with van der Waals surface area (Å²) in [5.74, 6) is -0.0608. The molecule has 0 spiro atoms. The van der Waals surface area contributed by atoms with Gasteiger partial charge in [-0.2, -0.15) is 0 Å². The molecule has 29 heavy (non-hydrogen) atoms. The number of rotatable bonds is 5. The van der Waals surface area contributed by atoms with Gasteiger partial charge in [-0.15, -0.1) is 0 Å². The summed E-state index contributed by atoms with van der Waals surface area (Å²) in [4.78, 5) is 38.0. The zero-order valence-electron chi connectivity index (χ0n) is 18.0. The van der Waals surface area contributed by atoms with Crippen LogP contribution in [0.3, 0.4) is 0 Å². The highest BCUT2D eigenvalue weighted by Gasteiger charge is 2.25. The molecule has 1 saturated carbocycles. The highest BCUT2D eigenvalue weighted by Crippen LogP contribution is 2.26. The number of ether oxygens (including phenoxy) is 2. The SMILES string of the molecule is CC1CCC(N(C)C(=O)COC(=O)c2ccc(NC(=O)OC(C)(C)C)cc2)CC1. The van der Waals surface area contributed by atoms with Gasteiger partial charge < -0.3 is 14.4 Å². The first-order valence-corrected chi connectivity index (χ1v) is 10.1. The molecule has 0 aliphatic heterocycles. The summed E-state index contributed by atoms with van der Waals surface area (Å²) in [6, 6.07) is 6.45. The molecule has 2 rings (SSSR count). The molecule has 1 aromatic carbocycles. The van der Waals surface area contributed by atoms with E-state index >= 15 is 0 Å². The summed E-state index contributed by atoms with van der Waals surface area (Å²) in [6.45, 7) is 7.28. The van der Waals surface area contributed by atoms with Crippen molar-refractivity contribution in [3.8, 4) is 0 Å². The average Bonchev–Trinajstić information content (AvgIpc) is 2.65. The summed E-state index contributed by atoms with van der Waals surface area (Å²) in [7, 11) is 1.77. The van der Waals surface area contributed by atoms with Crippen LogP contribution in [0.1, 0.15) is 63.7 Å². The molecule has 1 aromatic rings. The Labute approximate surface area is 172 Å². The van der Waals surface area contributed by atoms with Gasteiger partial charge in [0.15, 0.2) is 6.61 Å². The molecule has 0 radical (unpaired) electrons. The van der Waals surface area contributed by atoms with Gasteiger partial charge >= 0.3 is 12.1 Å². The fraction of sp³-hybridized carbons (Fsp3) is 0.591. The molecule has 0 aromatic heterocycles. The third-order valence-electron chi connectivity index (χ3n) is 5.02. The number of carbonyl (C=O) groups excluding carboxylic acids is 3. The van der Waals surface area contributed by atoms with Gasteiger partial charge in [-0.1, -0.05) is 6.92 Å². The average molecular weight is 405 g/mol. The summed E-state index contributed by atoms with van der Waals surface area (Å²) < 4.78 is 10.3. The summed E-state index contributed by atoms with van der Waals surface area (Å²) >= 11 is 0. The molecule has 0 atom stereocenters. The van der Waals surface area contributed by atoms with Crippen LogP contribution in [-0.2, 0) is 14.3 Å². The quantitative estimate of drug-likeness (QED) is 0.743. The van der Waals surface area contributed by atoms with Crippen LogP contribution in [-0.4, -0.2) is 48.2 Å². The van der Waals surface area contributed by atoms with Crippen molar-refractivity contribution in [2.24, 2.45) is 5.92 Å². The second kappa shape index (κ2) is 9.76. The van der Waals surface area contributed by atoms with Crippen LogP contribution in [0.4, 0.5) is 10.5 Å². The molecule has 0 unspecified atom stereocenters. The maximum atomic E-state index is 12.3. The van der Waals surface area contributed by atoms with E-state index < -0.39 is 17.7 Å². The van der Waals surface area contributed by atoms with E-state index in [-0.39, 0.29) is 18.6 Å². The van der Waals surface area contributed by atoms with E-state index in [1.807, 2.05) is 0 Å². The van der Waals surface area contributed by atoms with Gasteiger partial charge in [0, 0.05) is 18.8 Å². The predicted molar refractivity (Wildman–Crippen MR) is 111 cm³/mol. The lowest BCUT2D eigenvalue weighted by atomic mass is 9.87. The van der Waals surface area contributed by atoms with E-state index in [1.54, 1.807) is 44.9 Å². The number of amides is 2. The molecular formula is C22H32N2O5. The van der Waals surface area contributed by atoms with Gasteiger partial charge in [-0.3, -0.25) is 10.1 Å². The molecule has 160 valence electrons. The second-order valence-corrected chi connectivity index (χ2v) is 8.70. The molecule has 2 amide bonds. The van der Waals surface area contributed by atoms with E-state index in [9.17, 15) is 14.4 Å². The lowest BCUT2D eigenvalue weighted by Gasteiger charge is -2.33. The Morgan fingerprint density at radius 3 is 2.21 bits per heavy atom. The first-order valence-electron chi connectivity index (χ1n) is 10.1. The van der Waals surface area contributed by atoms with Crippen molar-refractivity contribution in [1.82, 2.24) is 4.90 Å². The Morgan fingerprint density at radius 1 is 1.07 bits per heavy atom. The highest BCUT2D eigenvalue weighted by molar-refractivity contribution is 5.92. The van der Waals surface area contributed by atoms with E-state index in [2.05, 4.69) is 12.2 Å². The second-order valence-electron chi connectivity index (χ2n) is 8.70. The number of nitrogens with zero attached hydrogens (tertiary/aromatic N) is 1. The van der Waals surface area contributed by atoms with Crippen molar-refractivity contribution >= 4 is 23.7 Å². The van der Waals surface area contributed by atoms with Gasteiger partial charge in [0.05, 0.1) is 5.56 Å². The normalized spacial score (nSPS) is 19.2. The molecule has 0 saturated heterocycles. The van der Waals surface area contributed by atoms with E-state index in [0.717, 1.165) is 25.7 Å². The molecule has 1 aliphatic carbocycles. The van der Waals surface area contributed by atoms with E-state index in [0.29, 0.717) is 17.2 Å². The zero-order chi connectivity index (χ0) is 21.6. The van der Waals surface area contributed by atoms with Gasteiger partial charge in [0.25, 0.3) is 5.91 Å². The minimum absolute atomic E-state index is 0.193.